The van der Waals surface area contributed by atoms with Gasteiger partial charge in [-0.25, -0.2) is 4.98 Å². The van der Waals surface area contributed by atoms with Crippen molar-refractivity contribution in [3.63, 3.8) is 0 Å². The summed E-state index contributed by atoms with van der Waals surface area (Å²) in [7, 11) is 0. The fourth-order valence-corrected chi connectivity index (χ4v) is 3.22. The molecule has 3 nitrogen and oxygen atoms in total. The molecule has 0 amide bonds. The number of hydrogen-bond donors (Lipinski definition) is 0. The normalized spacial score (nSPS) is 21.6. The number of aromatic nitrogens is 1. The van der Waals surface area contributed by atoms with E-state index in [1.54, 1.807) is 11.3 Å². The maximum atomic E-state index is 11.0. The van der Waals surface area contributed by atoms with Crippen LogP contribution in [0.1, 0.15) is 43.3 Å². The molecule has 1 unspecified atom stereocenters. The Balaban J connectivity index is 1.95. The van der Waals surface area contributed by atoms with Crippen molar-refractivity contribution in [2.45, 2.75) is 51.6 Å². The second kappa shape index (κ2) is 6.26. The number of carbonyl (C=O) groups is 1. The molecule has 94 valence electrons. The molecular formula is C13H20N2OS. The molecule has 0 saturated carbocycles. The number of likely N-dealkylation sites (tertiary alicyclic amines) is 1. The van der Waals surface area contributed by atoms with Crippen molar-refractivity contribution in [1.29, 1.82) is 0 Å². The Morgan fingerprint density at radius 3 is 3.24 bits per heavy atom. The molecule has 1 saturated heterocycles. The van der Waals surface area contributed by atoms with E-state index in [2.05, 4.69) is 22.2 Å². The third-order valence-corrected chi connectivity index (χ3v) is 4.21. The van der Waals surface area contributed by atoms with Gasteiger partial charge < -0.3 is 4.79 Å². The van der Waals surface area contributed by atoms with Crippen molar-refractivity contribution >= 4 is 17.6 Å². The van der Waals surface area contributed by atoms with Crippen LogP contribution in [-0.2, 0) is 17.8 Å². The summed E-state index contributed by atoms with van der Waals surface area (Å²) in [6, 6.07) is 0.111. The lowest BCUT2D eigenvalue weighted by atomic mass is 10.0. The first-order chi connectivity index (χ1) is 8.33. The molecule has 1 atom stereocenters. The molecule has 0 radical (unpaired) electrons. The minimum absolute atomic E-state index is 0.111. The maximum Gasteiger partial charge on any atom is 0.137 e. The molecule has 0 aliphatic carbocycles. The first kappa shape index (κ1) is 12.7. The van der Waals surface area contributed by atoms with Gasteiger partial charge in [0.05, 0.1) is 16.7 Å². The minimum atomic E-state index is 0.111. The van der Waals surface area contributed by atoms with E-state index in [0.29, 0.717) is 0 Å². The zero-order valence-corrected chi connectivity index (χ0v) is 11.2. The van der Waals surface area contributed by atoms with Crippen LogP contribution in [0.5, 0.6) is 0 Å². The lowest BCUT2D eigenvalue weighted by Crippen LogP contribution is -2.39. The number of carbonyl (C=O) groups excluding carboxylic acids is 1. The van der Waals surface area contributed by atoms with Crippen LogP contribution >= 0.6 is 11.3 Å². The summed E-state index contributed by atoms with van der Waals surface area (Å²) in [6.45, 7) is 4.04. The Labute approximate surface area is 107 Å². The first-order valence-electron chi connectivity index (χ1n) is 6.46. The Hall–Kier alpha value is -0.740. The summed E-state index contributed by atoms with van der Waals surface area (Å²) in [5.41, 5.74) is 1.13. The molecule has 1 fully saturated rings. The molecule has 0 bridgehead atoms. The molecule has 1 aromatic heterocycles. The highest BCUT2D eigenvalue weighted by Gasteiger charge is 2.22. The van der Waals surface area contributed by atoms with Gasteiger partial charge in [-0.05, 0) is 32.2 Å². The Morgan fingerprint density at radius 2 is 2.47 bits per heavy atom. The van der Waals surface area contributed by atoms with Crippen molar-refractivity contribution < 1.29 is 4.79 Å². The van der Waals surface area contributed by atoms with Crippen LogP contribution < -0.4 is 0 Å². The van der Waals surface area contributed by atoms with Gasteiger partial charge >= 0.3 is 0 Å². The number of nitrogens with zero attached hydrogens (tertiary/aromatic N) is 2. The topological polar surface area (TPSA) is 33.2 Å². The van der Waals surface area contributed by atoms with Gasteiger partial charge in [0, 0.05) is 11.9 Å². The number of aryl methyl sites for hydroxylation is 1. The smallest absolute Gasteiger partial charge is 0.137 e. The number of rotatable bonds is 5. The highest BCUT2D eigenvalue weighted by atomic mass is 32.1. The van der Waals surface area contributed by atoms with Gasteiger partial charge in [0.2, 0.25) is 0 Å². The average Bonchev–Trinajstić information content (AvgIpc) is 2.78. The van der Waals surface area contributed by atoms with Crippen molar-refractivity contribution in [3.8, 4) is 0 Å². The van der Waals surface area contributed by atoms with Crippen molar-refractivity contribution in [2.75, 3.05) is 6.54 Å². The summed E-state index contributed by atoms with van der Waals surface area (Å²) in [6.07, 6.45) is 6.71. The third-order valence-electron chi connectivity index (χ3n) is 3.25. The Kier molecular flexibility index (Phi) is 4.68. The van der Waals surface area contributed by atoms with Gasteiger partial charge in [-0.2, -0.15) is 0 Å². The average molecular weight is 252 g/mol. The largest absolute Gasteiger partial charge is 0.302 e. The first-order valence-corrected chi connectivity index (χ1v) is 7.34. The zero-order valence-electron chi connectivity index (χ0n) is 10.4. The second-order valence-corrected chi connectivity index (χ2v) is 5.59. The van der Waals surface area contributed by atoms with Gasteiger partial charge in [0.25, 0.3) is 0 Å². The number of aldehydes is 1. The van der Waals surface area contributed by atoms with Crippen LogP contribution in [0.4, 0.5) is 0 Å². The van der Waals surface area contributed by atoms with Crippen LogP contribution in [0, 0.1) is 0 Å². The Bertz CT molecular complexity index is 364. The molecule has 1 aliphatic rings. The van der Waals surface area contributed by atoms with E-state index in [-0.39, 0.29) is 6.04 Å². The van der Waals surface area contributed by atoms with Crippen LogP contribution in [0.25, 0.3) is 0 Å². The summed E-state index contributed by atoms with van der Waals surface area (Å²) in [4.78, 5) is 17.9. The standard InChI is InChI=1S/C13H20N2OS/c1-2-5-13-14-11(10-17-13)8-15-7-4-3-6-12(15)9-16/h9-10,12H,2-8H2,1H3. The SMILES string of the molecule is CCCc1nc(CN2CCCCC2C=O)cs1. The molecule has 4 heteroatoms. The molecule has 1 aliphatic heterocycles. The molecule has 2 rings (SSSR count). The van der Waals surface area contributed by atoms with Gasteiger partial charge in [0.1, 0.15) is 6.29 Å². The highest BCUT2D eigenvalue weighted by molar-refractivity contribution is 7.09. The van der Waals surface area contributed by atoms with Gasteiger partial charge in [-0.15, -0.1) is 11.3 Å². The van der Waals surface area contributed by atoms with E-state index in [9.17, 15) is 4.79 Å². The predicted octanol–water partition coefficient (Wildman–Crippen LogP) is 2.65. The monoisotopic (exact) mass is 252 g/mol. The lowest BCUT2D eigenvalue weighted by molar-refractivity contribution is -0.113. The summed E-state index contributed by atoms with van der Waals surface area (Å²) < 4.78 is 0. The molecule has 17 heavy (non-hydrogen) atoms. The summed E-state index contributed by atoms with van der Waals surface area (Å²) in [5, 5.41) is 3.36. The van der Waals surface area contributed by atoms with Crippen LogP contribution in [0.2, 0.25) is 0 Å². The molecule has 0 spiro atoms. The van der Waals surface area contributed by atoms with Crippen molar-refractivity contribution in [3.05, 3.63) is 16.1 Å². The number of piperidine rings is 1. The molecule has 0 aromatic carbocycles. The van der Waals surface area contributed by atoms with Crippen LogP contribution in [0.15, 0.2) is 5.38 Å². The van der Waals surface area contributed by atoms with E-state index in [1.165, 1.54) is 17.8 Å². The number of hydrogen-bond acceptors (Lipinski definition) is 4. The lowest BCUT2D eigenvalue weighted by Gasteiger charge is -2.31. The fraction of sp³-hybridized carbons (Fsp3) is 0.692. The number of thiazole rings is 1. The van der Waals surface area contributed by atoms with E-state index in [1.807, 2.05) is 0 Å². The van der Waals surface area contributed by atoms with Crippen LogP contribution in [-0.4, -0.2) is 28.8 Å². The highest BCUT2D eigenvalue weighted by Crippen LogP contribution is 2.19. The van der Waals surface area contributed by atoms with Crippen LogP contribution in [0.3, 0.4) is 0 Å². The van der Waals surface area contributed by atoms with E-state index >= 15 is 0 Å². The predicted molar refractivity (Wildman–Crippen MR) is 70.2 cm³/mol. The van der Waals surface area contributed by atoms with Crippen molar-refractivity contribution in [1.82, 2.24) is 9.88 Å². The minimum Gasteiger partial charge on any atom is -0.302 e. The van der Waals surface area contributed by atoms with E-state index in [0.717, 1.165) is 44.3 Å². The Morgan fingerprint density at radius 1 is 1.59 bits per heavy atom. The van der Waals surface area contributed by atoms with Gasteiger partial charge in [-0.3, -0.25) is 4.90 Å². The summed E-state index contributed by atoms with van der Waals surface area (Å²) in [5.74, 6) is 0. The molecule has 2 heterocycles. The quantitative estimate of drug-likeness (QED) is 0.755. The second-order valence-electron chi connectivity index (χ2n) is 4.65. The molecule has 1 aromatic rings. The zero-order chi connectivity index (χ0) is 12.1. The van der Waals surface area contributed by atoms with E-state index in [4.69, 9.17) is 0 Å². The summed E-state index contributed by atoms with van der Waals surface area (Å²) >= 11 is 1.75. The molecule has 0 N–H and O–H groups in total. The molecular weight excluding hydrogens is 232 g/mol. The fourth-order valence-electron chi connectivity index (χ4n) is 2.33. The maximum absolute atomic E-state index is 11.0. The van der Waals surface area contributed by atoms with Gasteiger partial charge in [0.15, 0.2) is 0 Å². The van der Waals surface area contributed by atoms with E-state index < -0.39 is 0 Å². The third kappa shape index (κ3) is 3.36. The van der Waals surface area contributed by atoms with Gasteiger partial charge in [-0.1, -0.05) is 13.3 Å². The van der Waals surface area contributed by atoms with Crippen molar-refractivity contribution in [2.24, 2.45) is 0 Å².